The van der Waals surface area contributed by atoms with Gasteiger partial charge < -0.3 is 4.90 Å². The van der Waals surface area contributed by atoms with E-state index in [1.807, 2.05) is 0 Å². The van der Waals surface area contributed by atoms with E-state index in [0.29, 0.717) is 6.42 Å². The monoisotopic (exact) mass is 253 g/mol. The van der Waals surface area contributed by atoms with E-state index in [1.165, 1.54) is 6.42 Å². The standard InChI is InChI=1S/C10H20ClNO2S/c1-9(2)10-4-6-12(8-10)5-3-7-15(11,13)14/h9-10H,3-8H2,1-2H3. The van der Waals surface area contributed by atoms with Gasteiger partial charge in [0.1, 0.15) is 0 Å². The summed E-state index contributed by atoms with van der Waals surface area (Å²) in [5, 5.41) is 0. The summed E-state index contributed by atoms with van der Waals surface area (Å²) in [6, 6.07) is 0. The maximum Gasteiger partial charge on any atom is 0.232 e. The minimum absolute atomic E-state index is 0.0946. The Morgan fingerprint density at radius 2 is 2.13 bits per heavy atom. The van der Waals surface area contributed by atoms with E-state index in [0.717, 1.165) is 31.5 Å². The first-order valence-corrected chi connectivity index (χ1v) is 8.01. The molecule has 90 valence electrons. The zero-order valence-corrected chi connectivity index (χ0v) is 11.0. The highest BCUT2D eigenvalue weighted by atomic mass is 35.7. The minimum Gasteiger partial charge on any atom is -0.303 e. The summed E-state index contributed by atoms with van der Waals surface area (Å²) >= 11 is 0. The molecule has 1 unspecified atom stereocenters. The molecule has 0 radical (unpaired) electrons. The van der Waals surface area contributed by atoms with E-state index in [-0.39, 0.29) is 5.75 Å². The van der Waals surface area contributed by atoms with Crippen LogP contribution in [0.2, 0.25) is 0 Å². The molecule has 1 fully saturated rings. The van der Waals surface area contributed by atoms with Gasteiger partial charge in [-0.1, -0.05) is 13.8 Å². The molecule has 0 aromatic rings. The molecule has 5 heteroatoms. The summed E-state index contributed by atoms with van der Waals surface area (Å²) in [7, 11) is 1.85. The molecule has 1 heterocycles. The minimum atomic E-state index is -3.30. The zero-order chi connectivity index (χ0) is 11.5. The second kappa shape index (κ2) is 5.51. The molecule has 1 rings (SSSR count). The number of nitrogens with zero attached hydrogens (tertiary/aromatic N) is 1. The van der Waals surface area contributed by atoms with Crippen LogP contribution < -0.4 is 0 Å². The first kappa shape index (κ1) is 13.3. The topological polar surface area (TPSA) is 37.4 Å². The fourth-order valence-corrected chi connectivity index (χ4v) is 2.87. The smallest absolute Gasteiger partial charge is 0.232 e. The Morgan fingerprint density at radius 3 is 2.60 bits per heavy atom. The van der Waals surface area contributed by atoms with Gasteiger partial charge >= 0.3 is 0 Å². The third-order valence-electron chi connectivity index (χ3n) is 3.11. The van der Waals surface area contributed by atoms with Crippen molar-refractivity contribution < 1.29 is 8.42 Å². The Balaban J connectivity index is 2.20. The van der Waals surface area contributed by atoms with E-state index >= 15 is 0 Å². The van der Waals surface area contributed by atoms with Gasteiger partial charge in [-0.25, -0.2) is 8.42 Å². The van der Waals surface area contributed by atoms with Crippen LogP contribution in [-0.2, 0) is 9.05 Å². The average Bonchev–Trinajstić information content (AvgIpc) is 2.50. The third-order valence-corrected chi connectivity index (χ3v) is 4.35. The van der Waals surface area contributed by atoms with Crippen molar-refractivity contribution in [3.63, 3.8) is 0 Å². The SMILES string of the molecule is CC(C)C1CCN(CCCS(=O)(=O)Cl)C1. The second-order valence-corrected chi connectivity index (χ2v) is 7.59. The Kier molecular flexibility index (Phi) is 4.87. The van der Waals surface area contributed by atoms with E-state index in [2.05, 4.69) is 18.7 Å². The highest BCUT2D eigenvalue weighted by molar-refractivity contribution is 8.13. The van der Waals surface area contributed by atoms with Crippen LogP contribution in [-0.4, -0.2) is 38.7 Å². The van der Waals surface area contributed by atoms with Gasteiger partial charge in [0.2, 0.25) is 9.05 Å². The predicted octanol–water partition coefficient (Wildman–Crippen LogP) is 1.92. The Hall–Kier alpha value is 0.200. The lowest BCUT2D eigenvalue weighted by Gasteiger charge is -2.17. The molecule has 1 aliphatic heterocycles. The van der Waals surface area contributed by atoms with E-state index in [4.69, 9.17) is 10.7 Å². The highest BCUT2D eigenvalue weighted by Gasteiger charge is 2.24. The van der Waals surface area contributed by atoms with Crippen LogP contribution in [0.25, 0.3) is 0 Å². The lowest BCUT2D eigenvalue weighted by atomic mass is 9.95. The fourth-order valence-electron chi connectivity index (χ4n) is 2.07. The molecule has 15 heavy (non-hydrogen) atoms. The van der Waals surface area contributed by atoms with Crippen LogP contribution in [0.3, 0.4) is 0 Å². The van der Waals surface area contributed by atoms with Crippen molar-refractivity contribution in [1.29, 1.82) is 0 Å². The molecule has 0 N–H and O–H groups in total. The van der Waals surface area contributed by atoms with Crippen LogP contribution in [0.1, 0.15) is 26.7 Å². The van der Waals surface area contributed by atoms with Gasteiger partial charge in [-0.3, -0.25) is 0 Å². The van der Waals surface area contributed by atoms with Crippen LogP contribution in [0.15, 0.2) is 0 Å². The van der Waals surface area contributed by atoms with Crippen molar-refractivity contribution in [3.05, 3.63) is 0 Å². The molecule has 0 aromatic heterocycles. The van der Waals surface area contributed by atoms with Crippen molar-refractivity contribution in [2.75, 3.05) is 25.4 Å². The molecule has 0 amide bonds. The molecule has 1 atom stereocenters. The first-order valence-electron chi connectivity index (χ1n) is 5.53. The average molecular weight is 254 g/mol. The van der Waals surface area contributed by atoms with Gasteiger partial charge in [0.15, 0.2) is 0 Å². The summed E-state index contributed by atoms with van der Waals surface area (Å²) in [6.45, 7) is 7.56. The maximum atomic E-state index is 10.7. The quantitative estimate of drug-likeness (QED) is 0.703. The van der Waals surface area contributed by atoms with Crippen molar-refractivity contribution in [1.82, 2.24) is 4.90 Å². The Morgan fingerprint density at radius 1 is 1.47 bits per heavy atom. The van der Waals surface area contributed by atoms with Gasteiger partial charge in [-0.15, -0.1) is 0 Å². The second-order valence-electron chi connectivity index (χ2n) is 4.69. The largest absolute Gasteiger partial charge is 0.303 e. The number of halogens is 1. The molecular formula is C10H20ClNO2S. The summed E-state index contributed by atoms with van der Waals surface area (Å²) in [5.74, 6) is 1.60. The van der Waals surface area contributed by atoms with Crippen molar-refractivity contribution in [2.45, 2.75) is 26.7 Å². The summed E-state index contributed by atoms with van der Waals surface area (Å²) in [4.78, 5) is 2.34. The summed E-state index contributed by atoms with van der Waals surface area (Å²) < 4.78 is 21.4. The van der Waals surface area contributed by atoms with Crippen molar-refractivity contribution >= 4 is 19.7 Å². The first-order chi connectivity index (χ1) is 6.88. The van der Waals surface area contributed by atoms with Gasteiger partial charge in [-0.2, -0.15) is 0 Å². The molecule has 1 saturated heterocycles. The molecule has 1 aliphatic rings. The highest BCUT2D eigenvalue weighted by Crippen LogP contribution is 2.23. The Labute approximate surface area is 97.2 Å². The van der Waals surface area contributed by atoms with Crippen LogP contribution in [0.5, 0.6) is 0 Å². The third kappa shape index (κ3) is 5.18. The molecule has 0 aliphatic carbocycles. The Bertz CT molecular complexity index is 290. The predicted molar refractivity (Wildman–Crippen MR) is 63.6 cm³/mol. The number of likely N-dealkylation sites (tertiary alicyclic amines) is 1. The lowest BCUT2D eigenvalue weighted by Crippen LogP contribution is -2.24. The fraction of sp³-hybridized carbons (Fsp3) is 1.00. The molecule has 0 bridgehead atoms. The van der Waals surface area contributed by atoms with Crippen LogP contribution >= 0.6 is 10.7 Å². The van der Waals surface area contributed by atoms with Crippen LogP contribution in [0, 0.1) is 11.8 Å². The van der Waals surface area contributed by atoms with E-state index in [9.17, 15) is 8.42 Å². The maximum absolute atomic E-state index is 10.7. The zero-order valence-electron chi connectivity index (χ0n) is 9.45. The molecule has 3 nitrogen and oxygen atoms in total. The molecule has 0 saturated carbocycles. The summed E-state index contributed by atoms with van der Waals surface area (Å²) in [6.07, 6.45) is 1.89. The lowest BCUT2D eigenvalue weighted by molar-refractivity contribution is 0.304. The van der Waals surface area contributed by atoms with Gasteiger partial charge in [0.25, 0.3) is 0 Å². The van der Waals surface area contributed by atoms with Crippen molar-refractivity contribution in [2.24, 2.45) is 11.8 Å². The van der Waals surface area contributed by atoms with Gasteiger partial charge in [0, 0.05) is 17.2 Å². The van der Waals surface area contributed by atoms with E-state index < -0.39 is 9.05 Å². The summed E-state index contributed by atoms with van der Waals surface area (Å²) in [5.41, 5.74) is 0. The van der Waals surface area contributed by atoms with Crippen molar-refractivity contribution in [3.8, 4) is 0 Å². The number of rotatable bonds is 5. The van der Waals surface area contributed by atoms with E-state index in [1.54, 1.807) is 0 Å². The van der Waals surface area contributed by atoms with Gasteiger partial charge in [-0.05, 0) is 37.8 Å². The van der Waals surface area contributed by atoms with Crippen LogP contribution in [0.4, 0.5) is 0 Å². The van der Waals surface area contributed by atoms with Gasteiger partial charge in [0.05, 0.1) is 5.75 Å². The molecule has 0 aromatic carbocycles. The number of hydrogen-bond acceptors (Lipinski definition) is 3. The molecular weight excluding hydrogens is 234 g/mol. The molecule has 0 spiro atoms. The number of hydrogen-bond donors (Lipinski definition) is 0. The normalized spacial score (nSPS) is 23.9.